The number of aryl methyl sites for hydroxylation is 1. The molecule has 1 aromatic carbocycles. The van der Waals surface area contributed by atoms with Gasteiger partial charge in [-0.2, -0.15) is 5.10 Å². The second-order valence-electron chi connectivity index (χ2n) is 7.41. The molecular formula is C22H24FN5O. The first-order valence-electron chi connectivity index (χ1n) is 9.87. The van der Waals surface area contributed by atoms with E-state index in [1.54, 1.807) is 12.3 Å². The number of pyridine rings is 1. The summed E-state index contributed by atoms with van der Waals surface area (Å²) in [5.41, 5.74) is 3.33. The lowest BCUT2D eigenvalue weighted by Crippen LogP contribution is -2.31. The number of H-pyrrole nitrogens is 1. The van der Waals surface area contributed by atoms with Crippen LogP contribution >= 0.6 is 0 Å². The average Bonchev–Trinajstić information content (AvgIpc) is 3.39. The van der Waals surface area contributed by atoms with Gasteiger partial charge in [-0.25, -0.2) is 9.37 Å². The summed E-state index contributed by atoms with van der Waals surface area (Å²) in [7, 11) is 0. The van der Waals surface area contributed by atoms with Crippen LogP contribution in [0.25, 0.3) is 0 Å². The third-order valence-electron chi connectivity index (χ3n) is 5.21. The molecule has 7 heteroatoms. The van der Waals surface area contributed by atoms with E-state index in [1.807, 2.05) is 36.2 Å². The first kappa shape index (κ1) is 19.1. The number of hydrogen-bond donors (Lipinski definition) is 2. The van der Waals surface area contributed by atoms with Crippen LogP contribution in [0.2, 0.25) is 0 Å². The second-order valence-corrected chi connectivity index (χ2v) is 7.41. The fourth-order valence-corrected chi connectivity index (χ4v) is 3.83. The van der Waals surface area contributed by atoms with E-state index in [0.29, 0.717) is 24.6 Å². The Hall–Kier alpha value is -3.22. The van der Waals surface area contributed by atoms with Gasteiger partial charge in [0, 0.05) is 19.3 Å². The van der Waals surface area contributed by atoms with Crippen molar-refractivity contribution in [3.8, 4) is 0 Å². The van der Waals surface area contributed by atoms with Gasteiger partial charge in [0.15, 0.2) is 0 Å². The number of carbonyl (C=O) groups excluding carboxylic acids is 1. The molecule has 0 aliphatic carbocycles. The Morgan fingerprint density at radius 3 is 3.03 bits per heavy atom. The molecule has 1 fully saturated rings. The van der Waals surface area contributed by atoms with Crippen LogP contribution in [0.5, 0.6) is 0 Å². The fourth-order valence-electron chi connectivity index (χ4n) is 3.83. The van der Waals surface area contributed by atoms with Gasteiger partial charge in [0.25, 0.3) is 5.91 Å². The highest BCUT2D eigenvalue weighted by atomic mass is 19.1. The largest absolute Gasteiger partial charge is 0.370 e. The van der Waals surface area contributed by atoms with E-state index in [1.165, 1.54) is 12.1 Å². The first-order chi connectivity index (χ1) is 14.1. The Morgan fingerprint density at radius 1 is 1.34 bits per heavy atom. The minimum Gasteiger partial charge on any atom is -0.370 e. The molecule has 1 aliphatic heterocycles. The molecule has 4 rings (SSSR count). The van der Waals surface area contributed by atoms with Crippen molar-refractivity contribution in [1.82, 2.24) is 20.1 Å². The number of nitrogens with zero attached hydrogens (tertiary/aromatic N) is 3. The minimum absolute atomic E-state index is 0.113. The Morgan fingerprint density at radius 2 is 2.24 bits per heavy atom. The monoisotopic (exact) mass is 393 g/mol. The summed E-state index contributed by atoms with van der Waals surface area (Å²) in [6.07, 6.45) is 6.19. The Bertz CT molecular complexity index is 989. The van der Waals surface area contributed by atoms with Crippen LogP contribution < -0.4 is 5.32 Å². The van der Waals surface area contributed by atoms with Gasteiger partial charge in [0.2, 0.25) is 0 Å². The molecule has 3 aromatic rings. The van der Waals surface area contributed by atoms with E-state index in [9.17, 15) is 9.18 Å². The van der Waals surface area contributed by atoms with Crippen molar-refractivity contribution in [2.24, 2.45) is 0 Å². The van der Waals surface area contributed by atoms with Gasteiger partial charge in [-0.3, -0.25) is 9.89 Å². The molecule has 0 saturated carbocycles. The SMILES string of the molecule is Cc1cc(NCCc2cn[nH]c2)nc(C(=O)N2CCC[C@@H]2c2cccc(F)c2)c1. The lowest BCUT2D eigenvalue weighted by Gasteiger charge is -2.25. The highest BCUT2D eigenvalue weighted by Gasteiger charge is 2.31. The third kappa shape index (κ3) is 4.45. The molecule has 29 heavy (non-hydrogen) atoms. The molecule has 0 bridgehead atoms. The average molecular weight is 393 g/mol. The molecule has 3 heterocycles. The molecule has 1 saturated heterocycles. The Balaban J connectivity index is 1.49. The van der Waals surface area contributed by atoms with E-state index in [0.717, 1.165) is 36.0 Å². The summed E-state index contributed by atoms with van der Waals surface area (Å²) in [6.45, 7) is 3.30. The molecule has 1 aliphatic rings. The fraction of sp³-hybridized carbons (Fsp3) is 0.318. The zero-order valence-corrected chi connectivity index (χ0v) is 16.4. The number of hydrogen-bond acceptors (Lipinski definition) is 4. The van der Waals surface area contributed by atoms with Gasteiger partial charge in [-0.15, -0.1) is 0 Å². The lowest BCUT2D eigenvalue weighted by molar-refractivity contribution is 0.0729. The highest BCUT2D eigenvalue weighted by Crippen LogP contribution is 2.33. The third-order valence-corrected chi connectivity index (χ3v) is 5.21. The summed E-state index contributed by atoms with van der Waals surface area (Å²) < 4.78 is 13.7. The quantitative estimate of drug-likeness (QED) is 0.666. The number of aromatic amines is 1. The van der Waals surface area contributed by atoms with E-state index in [2.05, 4.69) is 20.5 Å². The zero-order chi connectivity index (χ0) is 20.2. The van der Waals surface area contributed by atoms with Crippen LogP contribution in [-0.4, -0.2) is 39.1 Å². The molecule has 2 aromatic heterocycles. The number of anilines is 1. The molecule has 1 amide bonds. The number of carbonyl (C=O) groups is 1. The van der Waals surface area contributed by atoms with Crippen LogP contribution in [0.4, 0.5) is 10.2 Å². The van der Waals surface area contributed by atoms with Crippen LogP contribution in [-0.2, 0) is 6.42 Å². The summed E-state index contributed by atoms with van der Waals surface area (Å²) in [4.78, 5) is 19.6. The maximum atomic E-state index is 13.7. The lowest BCUT2D eigenvalue weighted by atomic mass is 10.0. The second kappa shape index (κ2) is 8.43. The van der Waals surface area contributed by atoms with Crippen molar-refractivity contribution in [2.45, 2.75) is 32.2 Å². The molecule has 2 N–H and O–H groups in total. The van der Waals surface area contributed by atoms with Crippen LogP contribution in [0.3, 0.4) is 0 Å². The zero-order valence-electron chi connectivity index (χ0n) is 16.4. The van der Waals surface area contributed by atoms with E-state index in [-0.39, 0.29) is 17.8 Å². The van der Waals surface area contributed by atoms with Gasteiger partial charge in [0.1, 0.15) is 17.3 Å². The van der Waals surface area contributed by atoms with Crippen molar-refractivity contribution in [2.75, 3.05) is 18.4 Å². The van der Waals surface area contributed by atoms with Crippen molar-refractivity contribution in [1.29, 1.82) is 0 Å². The van der Waals surface area contributed by atoms with Crippen LogP contribution in [0.15, 0.2) is 48.8 Å². The smallest absolute Gasteiger partial charge is 0.273 e. The maximum absolute atomic E-state index is 13.7. The van der Waals surface area contributed by atoms with Gasteiger partial charge in [-0.1, -0.05) is 12.1 Å². The summed E-state index contributed by atoms with van der Waals surface area (Å²) >= 11 is 0. The van der Waals surface area contributed by atoms with Gasteiger partial charge in [0.05, 0.1) is 12.2 Å². The van der Waals surface area contributed by atoms with Crippen molar-refractivity contribution in [3.63, 3.8) is 0 Å². The number of rotatable bonds is 6. The molecule has 150 valence electrons. The maximum Gasteiger partial charge on any atom is 0.273 e. The van der Waals surface area contributed by atoms with Gasteiger partial charge in [-0.05, 0) is 67.1 Å². The van der Waals surface area contributed by atoms with E-state index in [4.69, 9.17) is 0 Å². The minimum atomic E-state index is -0.278. The number of likely N-dealkylation sites (tertiary alicyclic amines) is 1. The van der Waals surface area contributed by atoms with E-state index >= 15 is 0 Å². The molecule has 1 atom stereocenters. The normalized spacial score (nSPS) is 16.2. The number of amides is 1. The molecule has 0 unspecified atom stereocenters. The summed E-state index contributed by atoms with van der Waals surface area (Å²) in [5.74, 6) is 0.288. The molecule has 0 spiro atoms. The molecule has 6 nitrogen and oxygen atoms in total. The number of benzene rings is 1. The summed E-state index contributed by atoms with van der Waals surface area (Å²) in [5, 5.41) is 10.0. The highest BCUT2D eigenvalue weighted by molar-refractivity contribution is 5.93. The Labute approximate surface area is 169 Å². The van der Waals surface area contributed by atoms with Crippen molar-refractivity contribution < 1.29 is 9.18 Å². The van der Waals surface area contributed by atoms with Crippen molar-refractivity contribution >= 4 is 11.7 Å². The summed E-state index contributed by atoms with van der Waals surface area (Å²) in [6, 6.07) is 10.1. The van der Waals surface area contributed by atoms with Crippen LogP contribution in [0.1, 0.15) is 46.1 Å². The predicted octanol–water partition coefficient (Wildman–Crippen LogP) is 3.88. The number of aromatic nitrogens is 3. The molecular weight excluding hydrogens is 369 g/mol. The first-order valence-corrected chi connectivity index (χ1v) is 9.87. The Kier molecular flexibility index (Phi) is 5.55. The predicted molar refractivity (Wildman–Crippen MR) is 109 cm³/mol. The van der Waals surface area contributed by atoms with Crippen molar-refractivity contribution in [3.05, 3.63) is 77.0 Å². The number of halogens is 1. The van der Waals surface area contributed by atoms with Gasteiger partial charge < -0.3 is 10.2 Å². The van der Waals surface area contributed by atoms with Crippen LogP contribution in [0, 0.1) is 12.7 Å². The number of nitrogens with one attached hydrogen (secondary N) is 2. The van der Waals surface area contributed by atoms with E-state index < -0.39 is 0 Å². The standard InChI is InChI=1S/C22H24FN5O/c1-15-10-19(27-21(11-15)24-8-7-16-13-25-26-14-16)22(29)28-9-3-6-20(28)17-4-2-5-18(23)12-17/h2,4-5,10-14,20H,3,6-9H2,1H3,(H,24,27)(H,25,26)/t20-/m1/s1. The topological polar surface area (TPSA) is 73.9 Å². The van der Waals surface area contributed by atoms with Gasteiger partial charge >= 0.3 is 0 Å². The molecule has 0 radical (unpaired) electrons.